The number of aryl methyl sites for hydroxylation is 1. The van der Waals surface area contributed by atoms with E-state index in [0.717, 1.165) is 12.0 Å². The lowest BCUT2D eigenvalue weighted by Crippen LogP contribution is -2.22. The highest BCUT2D eigenvalue weighted by molar-refractivity contribution is 5.95. The third-order valence-corrected chi connectivity index (χ3v) is 2.64. The quantitative estimate of drug-likeness (QED) is 0.771. The van der Waals surface area contributed by atoms with Crippen LogP contribution in [0.2, 0.25) is 0 Å². The van der Waals surface area contributed by atoms with Crippen molar-refractivity contribution in [3.8, 4) is 0 Å². The Morgan fingerprint density at radius 1 is 1.53 bits per heavy atom. The first-order valence-corrected chi connectivity index (χ1v) is 5.81. The van der Waals surface area contributed by atoms with Crippen LogP contribution in [0.1, 0.15) is 25.8 Å². The van der Waals surface area contributed by atoms with Crippen molar-refractivity contribution >= 4 is 17.3 Å². The Morgan fingerprint density at radius 3 is 2.82 bits per heavy atom. The molecule has 94 valence electrons. The molecule has 0 aromatic heterocycles. The molecule has 1 amide bonds. The van der Waals surface area contributed by atoms with Crippen LogP contribution in [0.5, 0.6) is 0 Å². The van der Waals surface area contributed by atoms with Gasteiger partial charge in [0.15, 0.2) is 0 Å². The van der Waals surface area contributed by atoms with E-state index in [1.165, 1.54) is 0 Å². The molecule has 0 saturated heterocycles. The number of nitrogens with two attached hydrogens (primary N) is 1. The molecule has 0 spiro atoms. The van der Waals surface area contributed by atoms with Gasteiger partial charge in [-0.15, -0.1) is 0 Å². The van der Waals surface area contributed by atoms with E-state index < -0.39 is 0 Å². The van der Waals surface area contributed by atoms with Gasteiger partial charge in [-0.3, -0.25) is 4.79 Å². The van der Waals surface area contributed by atoms with Gasteiger partial charge in [-0.25, -0.2) is 0 Å². The van der Waals surface area contributed by atoms with Crippen LogP contribution in [-0.4, -0.2) is 18.6 Å². The zero-order chi connectivity index (χ0) is 12.8. The third kappa shape index (κ3) is 4.07. The molecule has 1 aromatic carbocycles. The van der Waals surface area contributed by atoms with E-state index in [9.17, 15) is 4.79 Å². The standard InChI is InChI=1S/C13H20N2O2/c1-4-10(3)17-8-12(16)15-13-9(2)6-5-7-11(13)14/h5-7,10H,4,8,14H2,1-3H3,(H,15,16). The summed E-state index contributed by atoms with van der Waals surface area (Å²) in [5.41, 5.74) is 7.99. The van der Waals surface area contributed by atoms with Gasteiger partial charge in [0.05, 0.1) is 17.5 Å². The Morgan fingerprint density at radius 2 is 2.24 bits per heavy atom. The van der Waals surface area contributed by atoms with Crippen LogP contribution >= 0.6 is 0 Å². The van der Waals surface area contributed by atoms with Gasteiger partial charge in [-0.05, 0) is 31.9 Å². The largest absolute Gasteiger partial charge is 0.397 e. The molecule has 0 aliphatic rings. The zero-order valence-corrected chi connectivity index (χ0v) is 10.6. The molecule has 1 unspecified atom stereocenters. The Balaban J connectivity index is 2.56. The number of benzene rings is 1. The predicted octanol–water partition coefficient (Wildman–Crippen LogP) is 2.33. The van der Waals surface area contributed by atoms with Gasteiger partial charge in [0.1, 0.15) is 6.61 Å². The van der Waals surface area contributed by atoms with Crippen LogP contribution in [-0.2, 0) is 9.53 Å². The van der Waals surface area contributed by atoms with Crippen molar-refractivity contribution in [3.63, 3.8) is 0 Å². The molecular formula is C13H20N2O2. The second-order valence-corrected chi connectivity index (χ2v) is 4.12. The average Bonchev–Trinajstić information content (AvgIpc) is 2.31. The first-order valence-electron chi connectivity index (χ1n) is 5.81. The lowest BCUT2D eigenvalue weighted by molar-refractivity contribution is -0.122. The fraction of sp³-hybridized carbons (Fsp3) is 0.462. The summed E-state index contributed by atoms with van der Waals surface area (Å²) in [4.78, 5) is 11.6. The van der Waals surface area contributed by atoms with Gasteiger partial charge < -0.3 is 15.8 Å². The number of nitrogens with one attached hydrogen (secondary N) is 1. The topological polar surface area (TPSA) is 64.3 Å². The molecule has 1 rings (SSSR count). The van der Waals surface area contributed by atoms with Gasteiger partial charge in [0.2, 0.25) is 5.91 Å². The summed E-state index contributed by atoms with van der Waals surface area (Å²) in [6.07, 6.45) is 0.981. The molecule has 17 heavy (non-hydrogen) atoms. The molecule has 0 radical (unpaired) electrons. The molecule has 0 fully saturated rings. The van der Waals surface area contributed by atoms with Crippen molar-refractivity contribution in [2.24, 2.45) is 0 Å². The van der Waals surface area contributed by atoms with Crippen molar-refractivity contribution in [3.05, 3.63) is 23.8 Å². The molecule has 0 saturated carbocycles. The number of hydrogen-bond donors (Lipinski definition) is 2. The fourth-order valence-electron chi connectivity index (χ4n) is 1.37. The molecule has 0 heterocycles. The van der Waals surface area contributed by atoms with Gasteiger partial charge in [-0.1, -0.05) is 19.1 Å². The lowest BCUT2D eigenvalue weighted by atomic mass is 10.1. The summed E-state index contributed by atoms with van der Waals surface area (Å²) in [5, 5.41) is 2.77. The second-order valence-electron chi connectivity index (χ2n) is 4.12. The maximum absolute atomic E-state index is 11.6. The van der Waals surface area contributed by atoms with Crippen LogP contribution in [0.15, 0.2) is 18.2 Å². The number of ether oxygens (including phenoxy) is 1. The molecule has 3 N–H and O–H groups in total. The molecular weight excluding hydrogens is 216 g/mol. The number of nitrogen functional groups attached to an aromatic ring is 1. The number of para-hydroxylation sites is 1. The van der Waals surface area contributed by atoms with E-state index in [0.29, 0.717) is 11.4 Å². The average molecular weight is 236 g/mol. The van der Waals surface area contributed by atoms with E-state index in [2.05, 4.69) is 5.32 Å². The number of rotatable bonds is 5. The van der Waals surface area contributed by atoms with Crippen LogP contribution in [0.3, 0.4) is 0 Å². The summed E-state index contributed by atoms with van der Waals surface area (Å²) in [6.45, 7) is 5.92. The molecule has 1 atom stereocenters. The van der Waals surface area contributed by atoms with Crippen molar-refractivity contribution < 1.29 is 9.53 Å². The monoisotopic (exact) mass is 236 g/mol. The second kappa shape index (κ2) is 6.25. The normalized spacial score (nSPS) is 12.2. The van der Waals surface area contributed by atoms with E-state index >= 15 is 0 Å². The van der Waals surface area contributed by atoms with Gasteiger partial charge in [0.25, 0.3) is 0 Å². The van der Waals surface area contributed by atoms with Crippen molar-refractivity contribution in [1.29, 1.82) is 0 Å². The van der Waals surface area contributed by atoms with Crippen LogP contribution in [0, 0.1) is 6.92 Å². The highest BCUT2D eigenvalue weighted by Crippen LogP contribution is 2.22. The fourth-order valence-corrected chi connectivity index (χ4v) is 1.37. The summed E-state index contributed by atoms with van der Waals surface area (Å²) in [6, 6.07) is 5.52. The highest BCUT2D eigenvalue weighted by Gasteiger charge is 2.09. The molecule has 0 aliphatic carbocycles. The van der Waals surface area contributed by atoms with Gasteiger partial charge in [-0.2, -0.15) is 0 Å². The number of carbonyl (C=O) groups is 1. The maximum Gasteiger partial charge on any atom is 0.250 e. The maximum atomic E-state index is 11.6. The third-order valence-electron chi connectivity index (χ3n) is 2.64. The number of hydrogen-bond acceptors (Lipinski definition) is 3. The van der Waals surface area contributed by atoms with Crippen LogP contribution in [0.25, 0.3) is 0 Å². The first kappa shape index (κ1) is 13.5. The lowest BCUT2D eigenvalue weighted by Gasteiger charge is -2.13. The summed E-state index contributed by atoms with van der Waals surface area (Å²) >= 11 is 0. The van der Waals surface area contributed by atoms with Crippen LogP contribution < -0.4 is 11.1 Å². The van der Waals surface area contributed by atoms with Gasteiger partial charge in [0, 0.05) is 0 Å². The molecule has 4 nitrogen and oxygen atoms in total. The van der Waals surface area contributed by atoms with Crippen molar-refractivity contribution in [1.82, 2.24) is 0 Å². The first-order chi connectivity index (χ1) is 8.04. The zero-order valence-electron chi connectivity index (χ0n) is 10.6. The Kier molecular flexibility index (Phi) is 4.97. The number of carbonyl (C=O) groups excluding carboxylic acids is 1. The minimum atomic E-state index is -0.175. The molecule has 0 aliphatic heterocycles. The Labute approximate surface area is 102 Å². The Hall–Kier alpha value is -1.55. The van der Waals surface area contributed by atoms with E-state index in [1.807, 2.05) is 32.9 Å². The molecule has 0 bridgehead atoms. The number of amides is 1. The summed E-state index contributed by atoms with van der Waals surface area (Å²) in [7, 11) is 0. The van der Waals surface area contributed by atoms with E-state index in [4.69, 9.17) is 10.5 Å². The van der Waals surface area contributed by atoms with Crippen LogP contribution in [0.4, 0.5) is 11.4 Å². The van der Waals surface area contributed by atoms with E-state index in [1.54, 1.807) is 6.07 Å². The van der Waals surface area contributed by atoms with Crippen molar-refractivity contribution in [2.45, 2.75) is 33.3 Å². The molecule has 4 heteroatoms. The summed E-state index contributed by atoms with van der Waals surface area (Å²) in [5.74, 6) is -0.175. The minimum Gasteiger partial charge on any atom is -0.397 e. The smallest absolute Gasteiger partial charge is 0.250 e. The summed E-state index contributed by atoms with van der Waals surface area (Å²) < 4.78 is 5.35. The number of anilines is 2. The van der Waals surface area contributed by atoms with E-state index in [-0.39, 0.29) is 18.6 Å². The molecule has 1 aromatic rings. The Bertz CT molecular complexity index is 371. The highest BCUT2D eigenvalue weighted by atomic mass is 16.5. The van der Waals surface area contributed by atoms with Crippen molar-refractivity contribution in [2.75, 3.05) is 17.7 Å². The predicted molar refractivity (Wildman–Crippen MR) is 69.9 cm³/mol. The minimum absolute atomic E-state index is 0.0583. The SMILES string of the molecule is CCC(C)OCC(=O)Nc1c(C)cccc1N. The van der Waals surface area contributed by atoms with Gasteiger partial charge >= 0.3 is 0 Å².